The van der Waals surface area contributed by atoms with E-state index in [-0.39, 0.29) is 12.7 Å². The number of ether oxygens (including phenoxy) is 1. The highest BCUT2D eigenvalue weighted by molar-refractivity contribution is 5.76. The number of likely N-dealkylation sites (tertiary alicyclic amines) is 1. The molecule has 0 atom stereocenters. The third kappa shape index (κ3) is 3.47. The third-order valence-electron chi connectivity index (χ3n) is 4.30. The minimum atomic E-state index is -0.885. The lowest BCUT2D eigenvalue weighted by Crippen LogP contribution is -2.40. The molecular weight excluding hydrogens is 338 g/mol. The van der Waals surface area contributed by atoms with E-state index in [1.165, 1.54) is 4.90 Å². The van der Waals surface area contributed by atoms with Gasteiger partial charge < -0.3 is 19.3 Å². The van der Waals surface area contributed by atoms with Crippen molar-refractivity contribution in [1.29, 1.82) is 0 Å². The summed E-state index contributed by atoms with van der Waals surface area (Å²) in [5.41, 5.74) is 2.14. The Morgan fingerprint density at radius 3 is 2.88 bits per heavy atom. The lowest BCUT2D eigenvalue weighted by molar-refractivity contribution is -0.00294. The van der Waals surface area contributed by atoms with Crippen LogP contribution in [0.3, 0.4) is 0 Å². The van der Waals surface area contributed by atoms with Crippen LogP contribution in [0.4, 0.5) is 4.79 Å². The number of fused-ring (bicyclic) bond motifs is 1. The molecule has 26 heavy (non-hydrogen) atoms. The van der Waals surface area contributed by atoms with Gasteiger partial charge in [0.2, 0.25) is 0 Å². The number of pyridine rings is 2. The smallest absolute Gasteiger partial charge is 0.407 e. The molecule has 1 amide bonds. The number of carboxylic acid groups (broad SMARTS) is 1. The SMILES string of the molecule is O=C(O)N1CCC(OCc2noc(-c3ccc4ncccc4n3)n2)CC1. The van der Waals surface area contributed by atoms with Crippen LogP contribution in [0.2, 0.25) is 0 Å². The molecule has 134 valence electrons. The second-order valence-electron chi connectivity index (χ2n) is 6.03. The highest BCUT2D eigenvalue weighted by Crippen LogP contribution is 2.19. The van der Waals surface area contributed by atoms with Gasteiger partial charge in [-0.1, -0.05) is 5.16 Å². The lowest BCUT2D eigenvalue weighted by atomic mass is 10.1. The molecule has 4 heterocycles. The predicted octanol–water partition coefficient (Wildman–Crippen LogP) is 2.34. The number of hydrogen-bond donors (Lipinski definition) is 1. The maximum atomic E-state index is 10.9. The molecule has 0 saturated carbocycles. The van der Waals surface area contributed by atoms with E-state index in [0.29, 0.717) is 43.3 Å². The van der Waals surface area contributed by atoms with Gasteiger partial charge in [0.1, 0.15) is 12.3 Å². The zero-order valence-electron chi connectivity index (χ0n) is 13.9. The molecule has 1 N–H and O–H groups in total. The van der Waals surface area contributed by atoms with Gasteiger partial charge >= 0.3 is 6.09 Å². The van der Waals surface area contributed by atoms with Crippen LogP contribution in [0.1, 0.15) is 18.7 Å². The Hall–Kier alpha value is -3.07. The first-order valence-corrected chi connectivity index (χ1v) is 8.33. The average Bonchev–Trinajstić information content (AvgIpc) is 3.15. The second-order valence-corrected chi connectivity index (χ2v) is 6.03. The number of nitrogens with zero attached hydrogens (tertiary/aromatic N) is 5. The Morgan fingerprint density at radius 2 is 2.08 bits per heavy atom. The fourth-order valence-electron chi connectivity index (χ4n) is 2.90. The van der Waals surface area contributed by atoms with Gasteiger partial charge in [0.05, 0.1) is 17.1 Å². The molecular formula is C17H17N5O4. The molecule has 9 heteroatoms. The van der Waals surface area contributed by atoms with Gasteiger partial charge in [-0.3, -0.25) is 4.98 Å². The van der Waals surface area contributed by atoms with Crippen LogP contribution in [0, 0.1) is 0 Å². The number of hydrogen-bond acceptors (Lipinski definition) is 7. The average molecular weight is 355 g/mol. The lowest BCUT2D eigenvalue weighted by Gasteiger charge is -2.29. The molecule has 1 aliphatic rings. The molecule has 0 aromatic carbocycles. The second kappa shape index (κ2) is 7.04. The molecule has 0 unspecified atom stereocenters. The van der Waals surface area contributed by atoms with Gasteiger partial charge in [0.15, 0.2) is 5.82 Å². The fourth-order valence-corrected chi connectivity index (χ4v) is 2.90. The van der Waals surface area contributed by atoms with E-state index in [1.807, 2.05) is 18.2 Å². The largest absolute Gasteiger partial charge is 0.465 e. The summed E-state index contributed by atoms with van der Waals surface area (Å²) in [6.07, 6.45) is 2.15. The van der Waals surface area contributed by atoms with Crippen molar-refractivity contribution in [2.24, 2.45) is 0 Å². The first-order valence-electron chi connectivity index (χ1n) is 8.33. The van der Waals surface area contributed by atoms with Crippen molar-refractivity contribution in [2.45, 2.75) is 25.6 Å². The summed E-state index contributed by atoms with van der Waals surface area (Å²) in [6, 6.07) is 7.33. The number of rotatable bonds is 4. The molecule has 3 aromatic heterocycles. The quantitative estimate of drug-likeness (QED) is 0.758. The van der Waals surface area contributed by atoms with Crippen LogP contribution in [0.25, 0.3) is 22.6 Å². The Balaban J connectivity index is 1.38. The topological polar surface area (TPSA) is 114 Å². The molecule has 1 saturated heterocycles. The van der Waals surface area contributed by atoms with E-state index in [2.05, 4.69) is 20.1 Å². The molecule has 1 fully saturated rings. The zero-order chi connectivity index (χ0) is 17.9. The molecule has 4 rings (SSSR count). The highest BCUT2D eigenvalue weighted by Gasteiger charge is 2.23. The Bertz CT molecular complexity index is 920. The van der Waals surface area contributed by atoms with E-state index in [4.69, 9.17) is 14.4 Å². The number of piperidine rings is 1. The van der Waals surface area contributed by atoms with Gasteiger partial charge in [-0.25, -0.2) is 9.78 Å². The van der Waals surface area contributed by atoms with Gasteiger partial charge in [-0.15, -0.1) is 0 Å². The Morgan fingerprint density at radius 1 is 1.23 bits per heavy atom. The van der Waals surface area contributed by atoms with Gasteiger partial charge in [0, 0.05) is 19.3 Å². The van der Waals surface area contributed by atoms with Crippen molar-refractivity contribution >= 4 is 17.1 Å². The minimum Gasteiger partial charge on any atom is -0.465 e. The Kier molecular flexibility index (Phi) is 4.44. The molecule has 3 aromatic rings. The van der Waals surface area contributed by atoms with E-state index >= 15 is 0 Å². The van der Waals surface area contributed by atoms with Crippen LogP contribution in [0.5, 0.6) is 0 Å². The molecule has 0 radical (unpaired) electrons. The summed E-state index contributed by atoms with van der Waals surface area (Å²) in [5.74, 6) is 0.767. The number of aromatic nitrogens is 4. The van der Waals surface area contributed by atoms with Crippen molar-refractivity contribution < 1.29 is 19.2 Å². The highest BCUT2D eigenvalue weighted by atomic mass is 16.5. The van der Waals surface area contributed by atoms with E-state index in [9.17, 15) is 4.79 Å². The van der Waals surface area contributed by atoms with Crippen molar-refractivity contribution in [1.82, 2.24) is 25.0 Å². The Labute approximate surface area is 148 Å². The standard InChI is InChI=1S/C17H17N5O4/c23-17(24)22-8-5-11(6-9-22)25-10-15-20-16(26-21-15)14-4-3-12-13(19-14)2-1-7-18-12/h1-4,7,11H,5-6,8-10H2,(H,23,24). The van der Waals surface area contributed by atoms with Crippen molar-refractivity contribution in [3.63, 3.8) is 0 Å². The minimum absolute atomic E-state index is 0.00239. The van der Waals surface area contributed by atoms with Crippen LogP contribution >= 0.6 is 0 Å². The van der Waals surface area contributed by atoms with E-state index < -0.39 is 6.09 Å². The molecule has 0 bridgehead atoms. The summed E-state index contributed by atoms with van der Waals surface area (Å²) in [6.45, 7) is 1.18. The van der Waals surface area contributed by atoms with Gasteiger partial charge in [-0.2, -0.15) is 4.98 Å². The first kappa shape index (κ1) is 16.4. The number of amides is 1. The molecule has 1 aliphatic heterocycles. The summed E-state index contributed by atoms with van der Waals surface area (Å²) < 4.78 is 11.1. The van der Waals surface area contributed by atoms with E-state index in [1.54, 1.807) is 12.3 Å². The normalized spacial score (nSPS) is 15.5. The summed E-state index contributed by atoms with van der Waals surface area (Å²) in [4.78, 5) is 25.3. The van der Waals surface area contributed by atoms with Crippen LogP contribution in [0.15, 0.2) is 35.0 Å². The summed E-state index contributed by atoms with van der Waals surface area (Å²) in [5, 5.41) is 12.9. The molecule has 0 spiro atoms. The zero-order valence-corrected chi connectivity index (χ0v) is 13.9. The summed E-state index contributed by atoms with van der Waals surface area (Å²) in [7, 11) is 0. The van der Waals surface area contributed by atoms with Crippen LogP contribution < -0.4 is 0 Å². The van der Waals surface area contributed by atoms with Crippen molar-refractivity contribution in [3.8, 4) is 11.6 Å². The number of carbonyl (C=O) groups is 1. The maximum Gasteiger partial charge on any atom is 0.407 e. The van der Waals surface area contributed by atoms with Crippen molar-refractivity contribution in [3.05, 3.63) is 36.3 Å². The maximum absolute atomic E-state index is 10.9. The molecule has 9 nitrogen and oxygen atoms in total. The third-order valence-corrected chi connectivity index (χ3v) is 4.30. The molecule has 0 aliphatic carbocycles. The van der Waals surface area contributed by atoms with Crippen LogP contribution in [-0.2, 0) is 11.3 Å². The van der Waals surface area contributed by atoms with Crippen molar-refractivity contribution in [2.75, 3.05) is 13.1 Å². The predicted molar refractivity (Wildman–Crippen MR) is 90.2 cm³/mol. The fraction of sp³-hybridized carbons (Fsp3) is 0.353. The monoisotopic (exact) mass is 355 g/mol. The van der Waals surface area contributed by atoms with E-state index in [0.717, 1.165) is 11.0 Å². The van der Waals surface area contributed by atoms with Gasteiger partial charge in [-0.05, 0) is 37.1 Å². The first-order chi connectivity index (χ1) is 12.7. The van der Waals surface area contributed by atoms with Gasteiger partial charge in [0.25, 0.3) is 5.89 Å². The van der Waals surface area contributed by atoms with Crippen LogP contribution in [-0.4, -0.2) is 55.4 Å². The summed E-state index contributed by atoms with van der Waals surface area (Å²) >= 11 is 0.